The van der Waals surface area contributed by atoms with Gasteiger partial charge in [-0.1, -0.05) is 45.0 Å². The standard InChI is InChI=1S/C51H56F6N8O5/c1-28-44-37-17-12-32(65(37)38(66)22-49(2,3)4)26-64(44)46-39-42(60-48(61-46)69-27-50-18-7-19-63(50)25-31(52)21-50)40(54)43(59-47(39)70-28)41-35(51(55,56)57)20-36(53)45(58-41)62(23-29-8-13-33(67-5)14-9-29)24-30-10-15-34(68-6)16-11-30/h8-11,13-16,20,28,31-32,37,44H,7,12,17-19,21-27H2,1-6H3/t28-,31+,32+,37-,44+,50-/m0/s1. The van der Waals surface area contributed by atoms with Crippen LogP contribution in [0.25, 0.3) is 22.3 Å². The Kier molecular flexibility index (Phi) is 12.2. The van der Waals surface area contributed by atoms with Crippen molar-refractivity contribution in [1.29, 1.82) is 0 Å². The number of ether oxygens (including phenoxy) is 4. The number of pyridine rings is 2. The molecule has 3 aromatic heterocycles. The molecule has 13 nitrogen and oxygen atoms in total. The molecule has 19 heteroatoms. The zero-order chi connectivity index (χ0) is 49.4. The highest BCUT2D eigenvalue weighted by Crippen LogP contribution is 2.49. The molecule has 4 saturated heterocycles. The lowest BCUT2D eigenvalue weighted by Gasteiger charge is -2.48. The Morgan fingerprint density at radius 1 is 0.900 bits per heavy atom. The second-order valence-corrected chi connectivity index (χ2v) is 20.5. The van der Waals surface area contributed by atoms with Crippen LogP contribution in [0.5, 0.6) is 23.4 Å². The van der Waals surface area contributed by atoms with Gasteiger partial charge in [-0.15, -0.1) is 0 Å². The number of halogens is 6. The number of alkyl halides is 4. The number of rotatable bonds is 12. The molecule has 5 aliphatic heterocycles. The number of hydrogen-bond donors (Lipinski definition) is 0. The molecule has 0 spiro atoms. The number of carbonyl (C=O) groups is 1. The van der Waals surface area contributed by atoms with Crippen LogP contribution in [0.4, 0.5) is 38.0 Å². The molecule has 6 atom stereocenters. The zero-order valence-corrected chi connectivity index (χ0v) is 40.0. The second kappa shape index (κ2) is 17.9. The molecule has 372 valence electrons. The fraction of sp³-hybridized carbons (Fsp3) is 0.510. The van der Waals surface area contributed by atoms with E-state index in [1.165, 1.54) is 19.1 Å². The van der Waals surface area contributed by atoms with Crippen LogP contribution in [0.3, 0.4) is 0 Å². The number of carbonyl (C=O) groups excluding carboxylic acids is 1. The molecule has 0 radical (unpaired) electrons. The predicted octanol–water partition coefficient (Wildman–Crippen LogP) is 9.33. The van der Waals surface area contributed by atoms with Crippen molar-refractivity contribution in [2.45, 2.75) is 121 Å². The Morgan fingerprint density at radius 2 is 1.57 bits per heavy atom. The molecular formula is C51H56F6N8O5. The molecule has 8 heterocycles. The number of fused-ring (bicyclic) bond motifs is 6. The molecule has 2 aromatic carbocycles. The zero-order valence-electron chi connectivity index (χ0n) is 40.0. The minimum Gasteiger partial charge on any atom is -0.497 e. The SMILES string of the molecule is COc1ccc(CN(Cc2ccc(OC)cc2)c2nc(-c3nc4c5c(nc(OC[C@@]67CCCN6C[C@H](F)C7)nc5c3F)N3C[C@H]5CC[C@@H]([C@H]3[C@H](C)O4)N5C(=O)CC(C)(C)C)c(C(F)(F)F)cc2F)cc1. The van der Waals surface area contributed by atoms with Gasteiger partial charge in [-0.25, -0.2) is 23.1 Å². The van der Waals surface area contributed by atoms with Gasteiger partial charge in [-0.2, -0.15) is 23.1 Å². The number of piperazine rings is 1. The van der Waals surface area contributed by atoms with Crippen LogP contribution in [0.15, 0.2) is 54.6 Å². The van der Waals surface area contributed by atoms with Gasteiger partial charge in [0.25, 0.3) is 0 Å². The molecule has 0 N–H and O–H groups in total. The lowest BCUT2D eigenvalue weighted by atomic mass is 9.90. The Morgan fingerprint density at radius 3 is 2.20 bits per heavy atom. The van der Waals surface area contributed by atoms with Gasteiger partial charge < -0.3 is 33.6 Å². The Labute approximate surface area is 402 Å². The Hall–Kier alpha value is -6.11. The minimum absolute atomic E-state index is 0.00121. The van der Waals surface area contributed by atoms with Crippen molar-refractivity contribution in [2.24, 2.45) is 5.41 Å². The van der Waals surface area contributed by atoms with Crippen LogP contribution in [-0.4, -0.2) is 112 Å². The van der Waals surface area contributed by atoms with E-state index in [1.807, 2.05) is 30.6 Å². The average Bonchev–Trinajstić information content (AvgIpc) is 3.93. The van der Waals surface area contributed by atoms with E-state index in [0.717, 1.165) is 6.42 Å². The summed E-state index contributed by atoms with van der Waals surface area (Å²) in [5, 5.41) is -0.00121. The molecule has 1 amide bonds. The highest BCUT2D eigenvalue weighted by Gasteiger charge is 2.54. The van der Waals surface area contributed by atoms with Crippen LogP contribution in [0, 0.1) is 17.0 Å². The highest BCUT2D eigenvalue weighted by molar-refractivity contribution is 5.97. The van der Waals surface area contributed by atoms with Crippen LogP contribution in [0.2, 0.25) is 0 Å². The molecule has 0 unspecified atom stereocenters. The van der Waals surface area contributed by atoms with E-state index in [4.69, 9.17) is 23.9 Å². The first-order valence-electron chi connectivity index (χ1n) is 23.8. The van der Waals surface area contributed by atoms with Gasteiger partial charge >= 0.3 is 12.2 Å². The Bertz CT molecular complexity index is 2750. The van der Waals surface area contributed by atoms with E-state index >= 15 is 22.0 Å². The van der Waals surface area contributed by atoms with Gasteiger partial charge in [0, 0.05) is 45.1 Å². The fourth-order valence-electron chi connectivity index (χ4n) is 11.4. The van der Waals surface area contributed by atoms with Gasteiger partial charge in [0.2, 0.25) is 11.8 Å². The van der Waals surface area contributed by atoms with Crippen LogP contribution in [0.1, 0.15) is 82.9 Å². The third-order valence-electron chi connectivity index (χ3n) is 14.5. The number of benzene rings is 2. The number of nitrogens with zero attached hydrogens (tertiary/aromatic N) is 8. The number of anilines is 2. The number of hydrogen-bond acceptors (Lipinski definition) is 12. The summed E-state index contributed by atoms with van der Waals surface area (Å²) in [7, 11) is 3.02. The summed E-state index contributed by atoms with van der Waals surface area (Å²) < 4.78 is 119. The maximum absolute atomic E-state index is 17.9. The fourth-order valence-corrected chi connectivity index (χ4v) is 11.4. The molecule has 4 fully saturated rings. The van der Waals surface area contributed by atoms with Crippen molar-refractivity contribution in [1.82, 2.24) is 29.7 Å². The number of methoxy groups -OCH3 is 2. The summed E-state index contributed by atoms with van der Waals surface area (Å²) in [6, 6.07) is 12.7. The van der Waals surface area contributed by atoms with Crippen molar-refractivity contribution in [3.63, 3.8) is 0 Å². The van der Waals surface area contributed by atoms with Gasteiger partial charge in [0.15, 0.2) is 17.5 Å². The second-order valence-electron chi connectivity index (χ2n) is 20.5. The van der Waals surface area contributed by atoms with E-state index in [2.05, 4.69) is 19.9 Å². The largest absolute Gasteiger partial charge is 0.497 e. The highest BCUT2D eigenvalue weighted by atomic mass is 19.4. The van der Waals surface area contributed by atoms with Gasteiger partial charge in [0.05, 0.1) is 37.4 Å². The number of aromatic nitrogens is 4. The van der Waals surface area contributed by atoms with E-state index in [1.54, 1.807) is 55.5 Å². The quantitative estimate of drug-likeness (QED) is 0.111. The third-order valence-corrected chi connectivity index (χ3v) is 14.5. The topological polar surface area (TPSA) is 119 Å². The summed E-state index contributed by atoms with van der Waals surface area (Å²) in [5.74, 6) is -2.06. The van der Waals surface area contributed by atoms with E-state index in [-0.39, 0.29) is 79.2 Å². The average molecular weight is 975 g/mol. The van der Waals surface area contributed by atoms with Gasteiger partial charge in [-0.05, 0) is 86.0 Å². The van der Waals surface area contributed by atoms with Crippen molar-refractivity contribution in [3.8, 4) is 34.8 Å². The monoisotopic (exact) mass is 974 g/mol. The normalized spacial score (nSPS) is 24.0. The van der Waals surface area contributed by atoms with Crippen molar-refractivity contribution in [3.05, 3.63) is 82.9 Å². The maximum atomic E-state index is 17.9. The van der Waals surface area contributed by atoms with Crippen molar-refractivity contribution in [2.75, 3.05) is 50.3 Å². The van der Waals surface area contributed by atoms with Crippen LogP contribution < -0.4 is 28.7 Å². The molecule has 5 aliphatic rings. The molecule has 70 heavy (non-hydrogen) atoms. The third kappa shape index (κ3) is 8.76. The lowest BCUT2D eigenvalue weighted by Crippen LogP contribution is -2.65. The first-order valence-corrected chi connectivity index (χ1v) is 23.8. The van der Waals surface area contributed by atoms with E-state index < -0.39 is 70.0 Å². The maximum Gasteiger partial charge on any atom is 0.418 e. The van der Waals surface area contributed by atoms with Gasteiger partial charge in [0.1, 0.15) is 58.5 Å². The summed E-state index contributed by atoms with van der Waals surface area (Å²) in [6.45, 7) is 8.94. The minimum atomic E-state index is -5.24. The first kappa shape index (κ1) is 47.6. The molecule has 0 aliphatic carbocycles. The van der Waals surface area contributed by atoms with E-state index in [0.29, 0.717) is 67.5 Å². The summed E-state index contributed by atoms with van der Waals surface area (Å²) in [5.41, 5.74) is -3.53. The summed E-state index contributed by atoms with van der Waals surface area (Å²) >= 11 is 0. The smallest absolute Gasteiger partial charge is 0.418 e. The lowest BCUT2D eigenvalue weighted by molar-refractivity contribution is -0.138. The van der Waals surface area contributed by atoms with E-state index in [9.17, 15) is 9.18 Å². The number of amides is 1. The Balaban J connectivity index is 1.13. The van der Waals surface area contributed by atoms with Gasteiger partial charge in [-0.3, -0.25) is 9.69 Å². The molecule has 2 bridgehead atoms. The van der Waals surface area contributed by atoms with Crippen LogP contribution >= 0.6 is 0 Å². The first-order chi connectivity index (χ1) is 33.3. The van der Waals surface area contributed by atoms with Crippen LogP contribution in [-0.2, 0) is 24.1 Å². The molecule has 10 rings (SSSR count). The van der Waals surface area contributed by atoms with Crippen molar-refractivity contribution >= 4 is 28.4 Å². The molecule has 5 aromatic rings. The van der Waals surface area contributed by atoms with Crippen molar-refractivity contribution < 1.29 is 50.1 Å². The molecule has 0 saturated carbocycles. The summed E-state index contributed by atoms with van der Waals surface area (Å²) in [6.07, 6.45) is -3.70. The molecular weight excluding hydrogens is 919 g/mol. The predicted molar refractivity (Wildman–Crippen MR) is 249 cm³/mol. The summed E-state index contributed by atoms with van der Waals surface area (Å²) in [4.78, 5) is 39.8.